The van der Waals surface area contributed by atoms with E-state index in [-0.39, 0.29) is 12.3 Å². The Labute approximate surface area is 120 Å². The van der Waals surface area contributed by atoms with E-state index in [4.69, 9.17) is 5.11 Å². The van der Waals surface area contributed by atoms with E-state index < -0.39 is 5.97 Å². The van der Waals surface area contributed by atoms with Gasteiger partial charge in [0.15, 0.2) is 0 Å². The normalized spacial score (nSPS) is 10.3. The molecule has 0 unspecified atom stereocenters. The van der Waals surface area contributed by atoms with Crippen molar-refractivity contribution in [3.63, 3.8) is 0 Å². The van der Waals surface area contributed by atoms with Gasteiger partial charge in [-0.05, 0) is 41.5 Å². The Bertz CT molecular complexity index is 612. The maximum atomic E-state index is 12.0. The maximum Gasteiger partial charge on any atom is 0.303 e. The fourth-order valence-electron chi connectivity index (χ4n) is 1.77. The van der Waals surface area contributed by atoms with E-state index in [1.54, 1.807) is 24.3 Å². The molecule has 2 rings (SSSR count). The number of nitrogens with zero attached hydrogens (tertiary/aromatic N) is 4. The van der Waals surface area contributed by atoms with Crippen LogP contribution in [0.5, 0.6) is 0 Å². The van der Waals surface area contributed by atoms with Crippen LogP contribution in [0, 0.1) is 0 Å². The van der Waals surface area contributed by atoms with E-state index in [0.717, 1.165) is 0 Å². The number of hydrogen-bond acceptors (Lipinski definition) is 5. The van der Waals surface area contributed by atoms with Crippen LogP contribution in [0.1, 0.15) is 29.6 Å². The Morgan fingerprint density at radius 2 is 2.14 bits per heavy atom. The Morgan fingerprint density at radius 3 is 2.86 bits per heavy atom. The van der Waals surface area contributed by atoms with Gasteiger partial charge < -0.3 is 10.4 Å². The number of carboxylic acids is 1. The number of aromatic nitrogens is 4. The lowest BCUT2D eigenvalue weighted by Gasteiger charge is -2.06. The first-order chi connectivity index (χ1) is 10.2. The van der Waals surface area contributed by atoms with Gasteiger partial charge in [-0.3, -0.25) is 9.59 Å². The minimum Gasteiger partial charge on any atom is -0.481 e. The van der Waals surface area contributed by atoms with Gasteiger partial charge in [-0.15, -0.1) is 5.10 Å². The summed E-state index contributed by atoms with van der Waals surface area (Å²) in [4.78, 5) is 22.3. The fourth-order valence-corrected chi connectivity index (χ4v) is 1.77. The molecule has 0 saturated heterocycles. The van der Waals surface area contributed by atoms with Crippen molar-refractivity contribution in [3.8, 4) is 5.69 Å². The Morgan fingerprint density at radius 1 is 1.29 bits per heavy atom. The van der Waals surface area contributed by atoms with Gasteiger partial charge in [0.25, 0.3) is 5.91 Å². The smallest absolute Gasteiger partial charge is 0.303 e. The fraction of sp³-hybridized carbons (Fsp3) is 0.308. The Kier molecular flexibility index (Phi) is 4.97. The van der Waals surface area contributed by atoms with Crippen molar-refractivity contribution in [3.05, 3.63) is 36.2 Å². The topological polar surface area (TPSA) is 110 Å². The quantitative estimate of drug-likeness (QED) is 0.724. The highest BCUT2D eigenvalue weighted by atomic mass is 16.4. The standard InChI is InChI=1S/C13H15N5O3/c19-12(20)6-1-2-7-14-13(21)10-4-3-5-11(8-10)18-9-15-16-17-18/h3-5,8-9H,1-2,6-7H2,(H,14,21)(H,19,20). The van der Waals surface area contributed by atoms with E-state index in [1.165, 1.54) is 11.0 Å². The van der Waals surface area contributed by atoms with E-state index in [9.17, 15) is 9.59 Å². The van der Waals surface area contributed by atoms with E-state index in [2.05, 4.69) is 20.8 Å². The average molecular weight is 289 g/mol. The van der Waals surface area contributed by atoms with Crippen LogP contribution < -0.4 is 5.32 Å². The minimum absolute atomic E-state index is 0.116. The Balaban J connectivity index is 1.88. The third-order valence-corrected chi connectivity index (χ3v) is 2.82. The van der Waals surface area contributed by atoms with Crippen LogP contribution in [-0.2, 0) is 4.79 Å². The van der Waals surface area contributed by atoms with Crippen LogP contribution in [0.4, 0.5) is 0 Å². The summed E-state index contributed by atoms with van der Waals surface area (Å²) in [6.45, 7) is 0.446. The predicted octanol–water partition coefficient (Wildman–Crippen LogP) is 0.647. The molecule has 1 heterocycles. The number of benzene rings is 1. The molecule has 8 nitrogen and oxygen atoms in total. The van der Waals surface area contributed by atoms with Gasteiger partial charge in [0.2, 0.25) is 0 Å². The molecular weight excluding hydrogens is 274 g/mol. The Hall–Kier alpha value is -2.77. The van der Waals surface area contributed by atoms with Crippen LogP contribution >= 0.6 is 0 Å². The first-order valence-corrected chi connectivity index (χ1v) is 6.50. The summed E-state index contributed by atoms with van der Waals surface area (Å²) >= 11 is 0. The van der Waals surface area contributed by atoms with Crippen LogP contribution in [0.25, 0.3) is 5.69 Å². The van der Waals surface area contributed by atoms with Gasteiger partial charge in [-0.2, -0.15) is 0 Å². The highest BCUT2D eigenvalue weighted by Gasteiger charge is 2.07. The summed E-state index contributed by atoms with van der Waals surface area (Å²) in [6, 6.07) is 6.92. The van der Waals surface area contributed by atoms with Crippen molar-refractivity contribution in [1.29, 1.82) is 0 Å². The molecule has 2 aromatic rings. The molecular formula is C13H15N5O3. The lowest BCUT2D eigenvalue weighted by Crippen LogP contribution is -2.24. The van der Waals surface area contributed by atoms with Gasteiger partial charge >= 0.3 is 5.97 Å². The first kappa shape index (κ1) is 14.6. The van der Waals surface area contributed by atoms with Crippen molar-refractivity contribution in [1.82, 2.24) is 25.5 Å². The molecule has 0 aliphatic rings. The number of tetrazole rings is 1. The van der Waals surface area contributed by atoms with E-state index in [1.807, 2.05) is 0 Å². The third kappa shape index (κ3) is 4.37. The van der Waals surface area contributed by atoms with Crippen LogP contribution in [-0.4, -0.2) is 43.7 Å². The lowest BCUT2D eigenvalue weighted by atomic mass is 10.2. The largest absolute Gasteiger partial charge is 0.481 e. The molecule has 0 bridgehead atoms. The lowest BCUT2D eigenvalue weighted by molar-refractivity contribution is -0.137. The number of unbranched alkanes of at least 4 members (excludes halogenated alkanes) is 1. The SMILES string of the molecule is O=C(O)CCCCNC(=O)c1cccc(-n2cnnn2)c1. The van der Waals surface area contributed by atoms with Crippen LogP contribution in [0.2, 0.25) is 0 Å². The first-order valence-electron chi connectivity index (χ1n) is 6.50. The van der Waals surface area contributed by atoms with Gasteiger partial charge in [-0.25, -0.2) is 4.68 Å². The molecule has 8 heteroatoms. The molecule has 1 aromatic carbocycles. The number of carbonyl (C=O) groups excluding carboxylic acids is 1. The number of carboxylic acid groups (broad SMARTS) is 1. The maximum absolute atomic E-state index is 12.0. The zero-order valence-corrected chi connectivity index (χ0v) is 11.3. The summed E-state index contributed by atoms with van der Waals surface area (Å²) in [5.41, 5.74) is 1.19. The number of aliphatic carboxylic acids is 1. The van der Waals surface area contributed by atoms with Gasteiger partial charge in [0.1, 0.15) is 6.33 Å². The molecule has 0 spiro atoms. The van der Waals surface area contributed by atoms with E-state index >= 15 is 0 Å². The van der Waals surface area contributed by atoms with Crippen molar-refractivity contribution in [2.45, 2.75) is 19.3 Å². The molecule has 1 aromatic heterocycles. The monoisotopic (exact) mass is 289 g/mol. The van der Waals surface area contributed by atoms with Crippen molar-refractivity contribution >= 4 is 11.9 Å². The molecule has 110 valence electrons. The minimum atomic E-state index is -0.824. The van der Waals surface area contributed by atoms with Crippen LogP contribution in [0.15, 0.2) is 30.6 Å². The molecule has 21 heavy (non-hydrogen) atoms. The summed E-state index contributed by atoms with van der Waals surface area (Å²) in [5.74, 6) is -1.03. The van der Waals surface area contributed by atoms with Gasteiger partial charge in [-0.1, -0.05) is 6.07 Å². The number of nitrogens with one attached hydrogen (secondary N) is 1. The molecule has 0 fully saturated rings. The second-order valence-corrected chi connectivity index (χ2v) is 4.41. The summed E-state index contributed by atoms with van der Waals surface area (Å²) < 4.78 is 1.46. The molecule has 0 radical (unpaired) electrons. The molecule has 0 aliphatic carbocycles. The molecule has 0 aliphatic heterocycles. The molecule has 1 amide bonds. The highest BCUT2D eigenvalue weighted by molar-refractivity contribution is 5.94. The third-order valence-electron chi connectivity index (χ3n) is 2.82. The van der Waals surface area contributed by atoms with E-state index in [0.29, 0.717) is 30.6 Å². The van der Waals surface area contributed by atoms with Crippen molar-refractivity contribution in [2.75, 3.05) is 6.54 Å². The second-order valence-electron chi connectivity index (χ2n) is 4.41. The summed E-state index contributed by atoms with van der Waals surface area (Å²) in [5, 5.41) is 22.1. The number of amides is 1. The summed E-state index contributed by atoms with van der Waals surface area (Å²) in [6.07, 6.45) is 2.73. The summed E-state index contributed by atoms with van der Waals surface area (Å²) in [7, 11) is 0. The highest BCUT2D eigenvalue weighted by Crippen LogP contribution is 2.08. The number of rotatable bonds is 7. The number of hydrogen-bond donors (Lipinski definition) is 2. The van der Waals surface area contributed by atoms with Gasteiger partial charge in [0.05, 0.1) is 5.69 Å². The van der Waals surface area contributed by atoms with Crippen LogP contribution in [0.3, 0.4) is 0 Å². The molecule has 2 N–H and O–H groups in total. The second kappa shape index (κ2) is 7.13. The molecule has 0 atom stereocenters. The van der Waals surface area contributed by atoms with Crippen molar-refractivity contribution in [2.24, 2.45) is 0 Å². The predicted molar refractivity (Wildman–Crippen MR) is 73.0 cm³/mol. The van der Waals surface area contributed by atoms with Crippen molar-refractivity contribution < 1.29 is 14.7 Å². The van der Waals surface area contributed by atoms with Gasteiger partial charge in [0, 0.05) is 18.5 Å². The number of carbonyl (C=O) groups is 2. The average Bonchev–Trinajstić information content (AvgIpc) is 3.01. The zero-order chi connectivity index (χ0) is 15.1. The molecule has 0 saturated carbocycles. The zero-order valence-electron chi connectivity index (χ0n) is 11.3.